The molecule has 2 nitrogen and oxygen atoms in total. The SMILES string of the molecule is CN=C(Nc1cc(C(F)(F)F)cc(C(F)(F)F)c1)SC.I. The molecular formula is C11H11F6IN2S. The lowest BCUT2D eigenvalue weighted by Gasteiger charge is -2.15. The summed E-state index contributed by atoms with van der Waals surface area (Å²) in [6, 6.07) is 1.29. The molecule has 0 spiro atoms. The summed E-state index contributed by atoms with van der Waals surface area (Å²) in [6.07, 6.45) is -8.13. The fourth-order valence-corrected chi connectivity index (χ4v) is 1.75. The van der Waals surface area contributed by atoms with Crippen molar-refractivity contribution < 1.29 is 26.3 Å². The van der Waals surface area contributed by atoms with Gasteiger partial charge in [-0.3, -0.25) is 4.99 Å². The Kier molecular flexibility index (Phi) is 7.33. The van der Waals surface area contributed by atoms with E-state index in [-0.39, 0.29) is 40.9 Å². The van der Waals surface area contributed by atoms with Crippen molar-refractivity contribution >= 4 is 46.6 Å². The number of nitrogens with zero attached hydrogens (tertiary/aromatic N) is 1. The summed E-state index contributed by atoms with van der Waals surface area (Å²) in [4.78, 5) is 3.69. The Morgan fingerprint density at radius 2 is 1.43 bits per heavy atom. The lowest BCUT2D eigenvalue weighted by atomic mass is 10.1. The monoisotopic (exact) mass is 444 g/mol. The number of aliphatic imine (C=N–C) groups is 1. The van der Waals surface area contributed by atoms with E-state index in [1.165, 1.54) is 7.05 Å². The van der Waals surface area contributed by atoms with Crippen molar-refractivity contribution in [2.75, 3.05) is 18.6 Å². The summed E-state index contributed by atoms with van der Waals surface area (Å²) in [5.41, 5.74) is -3.06. The third-order valence-corrected chi connectivity index (χ3v) is 2.91. The van der Waals surface area contributed by atoms with Crippen molar-refractivity contribution in [2.45, 2.75) is 12.4 Å². The third kappa shape index (κ3) is 5.93. The molecule has 0 aromatic heterocycles. The zero-order valence-electron chi connectivity index (χ0n) is 10.8. The number of halogens is 7. The number of amidine groups is 1. The highest BCUT2D eigenvalue weighted by Crippen LogP contribution is 2.37. The van der Waals surface area contributed by atoms with E-state index in [1.54, 1.807) is 6.26 Å². The Hall–Kier alpha value is -0.650. The summed E-state index contributed by atoms with van der Waals surface area (Å²) in [5, 5.41) is 2.62. The number of rotatable bonds is 1. The first kappa shape index (κ1) is 20.3. The van der Waals surface area contributed by atoms with Crippen molar-refractivity contribution in [2.24, 2.45) is 4.99 Å². The number of benzene rings is 1. The minimum atomic E-state index is -4.86. The van der Waals surface area contributed by atoms with Gasteiger partial charge in [0.25, 0.3) is 0 Å². The fraction of sp³-hybridized carbons (Fsp3) is 0.364. The summed E-state index contributed by atoms with van der Waals surface area (Å²) >= 11 is 1.07. The van der Waals surface area contributed by atoms with Crippen molar-refractivity contribution in [3.8, 4) is 0 Å². The minimum absolute atomic E-state index is 0. The molecule has 1 aromatic rings. The van der Waals surface area contributed by atoms with Gasteiger partial charge < -0.3 is 5.32 Å². The van der Waals surface area contributed by atoms with E-state index in [9.17, 15) is 26.3 Å². The van der Waals surface area contributed by atoms with E-state index in [4.69, 9.17) is 0 Å². The first-order valence-corrected chi connectivity index (χ1v) is 6.37. The molecule has 0 aliphatic rings. The van der Waals surface area contributed by atoms with Crippen LogP contribution in [-0.2, 0) is 12.4 Å². The molecule has 120 valence electrons. The smallest absolute Gasteiger partial charge is 0.335 e. The summed E-state index contributed by atoms with van der Waals surface area (Å²) in [5.74, 6) is 0. The third-order valence-electron chi connectivity index (χ3n) is 2.24. The highest BCUT2D eigenvalue weighted by Gasteiger charge is 2.36. The molecule has 21 heavy (non-hydrogen) atoms. The Bertz CT molecular complexity index is 480. The largest absolute Gasteiger partial charge is 0.416 e. The van der Waals surface area contributed by atoms with Gasteiger partial charge in [-0.1, -0.05) is 11.8 Å². The van der Waals surface area contributed by atoms with Crippen LogP contribution in [0.3, 0.4) is 0 Å². The van der Waals surface area contributed by atoms with Crippen LogP contribution in [0, 0.1) is 0 Å². The average Bonchev–Trinajstić information content (AvgIpc) is 2.33. The van der Waals surface area contributed by atoms with Crippen molar-refractivity contribution in [1.82, 2.24) is 0 Å². The van der Waals surface area contributed by atoms with Crippen LogP contribution in [0.25, 0.3) is 0 Å². The number of hydrogen-bond donors (Lipinski definition) is 1. The van der Waals surface area contributed by atoms with E-state index in [0.29, 0.717) is 12.1 Å². The predicted octanol–water partition coefficient (Wildman–Crippen LogP) is 5.10. The van der Waals surface area contributed by atoms with Crippen LogP contribution in [0.4, 0.5) is 32.0 Å². The highest BCUT2D eigenvalue weighted by molar-refractivity contribution is 14.0. The number of alkyl halides is 6. The average molecular weight is 444 g/mol. The number of nitrogens with one attached hydrogen (secondary N) is 1. The van der Waals surface area contributed by atoms with E-state index in [2.05, 4.69) is 10.3 Å². The molecule has 0 aliphatic carbocycles. The molecule has 10 heteroatoms. The standard InChI is InChI=1S/C11H10F6N2S.HI/c1-18-9(20-2)19-8-4-6(10(12,13)14)3-7(5-8)11(15,16)17;/h3-5H,1-2H3,(H,18,19);1H. The molecule has 0 amide bonds. The summed E-state index contributed by atoms with van der Waals surface area (Å²) in [7, 11) is 1.37. The quantitative estimate of drug-likeness (QED) is 0.282. The zero-order chi connectivity index (χ0) is 15.6. The first-order chi connectivity index (χ1) is 9.07. The van der Waals surface area contributed by atoms with E-state index >= 15 is 0 Å². The Balaban J connectivity index is 0.00000400. The molecule has 0 radical (unpaired) electrons. The second-order valence-electron chi connectivity index (χ2n) is 3.65. The van der Waals surface area contributed by atoms with Gasteiger partial charge in [0.15, 0.2) is 5.17 Å². The van der Waals surface area contributed by atoms with Gasteiger partial charge >= 0.3 is 12.4 Å². The van der Waals surface area contributed by atoms with E-state index in [1.807, 2.05) is 0 Å². The van der Waals surface area contributed by atoms with Crippen molar-refractivity contribution in [3.63, 3.8) is 0 Å². The van der Waals surface area contributed by atoms with Gasteiger partial charge in [0, 0.05) is 12.7 Å². The molecule has 0 saturated carbocycles. The van der Waals surface area contributed by atoms with Crippen LogP contribution in [0.1, 0.15) is 11.1 Å². The summed E-state index contributed by atoms with van der Waals surface area (Å²) in [6.45, 7) is 0. The minimum Gasteiger partial charge on any atom is -0.335 e. The van der Waals surface area contributed by atoms with Crippen molar-refractivity contribution in [3.05, 3.63) is 29.3 Å². The van der Waals surface area contributed by atoms with Crippen LogP contribution in [0.15, 0.2) is 23.2 Å². The molecule has 0 fully saturated rings. The molecule has 0 saturated heterocycles. The Labute approximate surface area is 138 Å². The van der Waals surface area contributed by atoms with Gasteiger partial charge in [-0.25, -0.2) is 0 Å². The predicted molar refractivity (Wildman–Crippen MR) is 82.4 cm³/mol. The van der Waals surface area contributed by atoms with Crippen LogP contribution in [-0.4, -0.2) is 18.5 Å². The van der Waals surface area contributed by atoms with E-state index in [0.717, 1.165) is 11.8 Å². The van der Waals surface area contributed by atoms with Crippen LogP contribution in [0.2, 0.25) is 0 Å². The molecule has 0 bridgehead atoms. The Morgan fingerprint density at radius 3 is 1.71 bits per heavy atom. The number of thioether (sulfide) groups is 1. The molecule has 0 atom stereocenters. The first-order valence-electron chi connectivity index (χ1n) is 5.15. The Morgan fingerprint density at radius 1 is 1.00 bits per heavy atom. The molecule has 0 heterocycles. The van der Waals surface area contributed by atoms with Gasteiger partial charge in [0.05, 0.1) is 11.1 Å². The maximum absolute atomic E-state index is 12.6. The number of anilines is 1. The molecule has 1 aromatic carbocycles. The second-order valence-corrected chi connectivity index (χ2v) is 4.45. The van der Waals surface area contributed by atoms with Crippen LogP contribution >= 0.6 is 35.7 Å². The van der Waals surface area contributed by atoms with E-state index < -0.39 is 23.5 Å². The van der Waals surface area contributed by atoms with Crippen LogP contribution < -0.4 is 5.32 Å². The maximum atomic E-state index is 12.6. The molecule has 0 unspecified atom stereocenters. The lowest BCUT2D eigenvalue weighted by molar-refractivity contribution is -0.143. The van der Waals surface area contributed by atoms with Crippen LogP contribution in [0.5, 0.6) is 0 Å². The number of hydrogen-bond acceptors (Lipinski definition) is 2. The van der Waals surface area contributed by atoms with Gasteiger partial charge in [0.2, 0.25) is 0 Å². The maximum Gasteiger partial charge on any atom is 0.416 e. The van der Waals surface area contributed by atoms with Gasteiger partial charge in [0.1, 0.15) is 0 Å². The zero-order valence-corrected chi connectivity index (χ0v) is 13.9. The normalized spacial score (nSPS) is 12.9. The molecule has 1 N–H and O–H groups in total. The second kappa shape index (κ2) is 7.56. The van der Waals surface area contributed by atoms with Gasteiger partial charge in [-0.2, -0.15) is 26.3 Å². The molecule has 0 aliphatic heterocycles. The fourth-order valence-electron chi connectivity index (χ4n) is 1.35. The van der Waals surface area contributed by atoms with Crippen molar-refractivity contribution in [1.29, 1.82) is 0 Å². The van der Waals surface area contributed by atoms with Gasteiger partial charge in [-0.15, -0.1) is 24.0 Å². The summed E-state index contributed by atoms with van der Waals surface area (Å²) < 4.78 is 75.6. The highest BCUT2D eigenvalue weighted by atomic mass is 127. The molecule has 1 rings (SSSR count). The topological polar surface area (TPSA) is 24.4 Å². The molecular weight excluding hydrogens is 433 g/mol. The van der Waals surface area contributed by atoms with Gasteiger partial charge in [-0.05, 0) is 24.5 Å². The lowest BCUT2D eigenvalue weighted by Crippen LogP contribution is -2.14.